The standard InChI is InChI=1S/C39H60O6/c1-13-27-15-25(17-29(31(27)40)35(3,4)5)19-37(9,10)33-42-21-39(22-43-33)23-44-34(45-24-39)38(11,12)20-26-16-28(14-2)32(41)30(18-26)36(6,7)8/h15-18,33-34,40-41H,13-14,19-24H2,1-12H3. The summed E-state index contributed by atoms with van der Waals surface area (Å²) < 4.78 is 25.7. The van der Waals surface area contributed by atoms with Crippen LogP contribution in [0.2, 0.25) is 0 Å². The van der Waals surface area contributed by atoms with E-state index >= 15 is 0 Å². The SMILES string of the molecule is CCc1cc(CC(C)(C)C2OCC3(CO2)COC(C(C)(C)Cc2cc(CC)c(O)c(C(C)(C)C)c2)OC3)cc(C(C)(C)C)c1O. The molecule has 2 aliphatic rings. The van der Waals surface area contributed by atoms with E-state index in [-0.39, 0.29) is 39.7 Å². The van der Waals surface area contributed by atoms with Gasteiger partial charge in [-0.3, -0.25) is 0 Å². The highest BCUT2D eigenvalue weighted by Crippen LogP contribution is 2.43. The molecular weight excluding hydrogens is 564 g/mol. The molecule has 4 rings (SSSR count). The minimum Gasteiger partial charge on any atom is -0.507 e. The van der Waals surface area contributed by atoms with Crippen LogP contribution in [0.3, 0.4) is 0 Å². The lowest BCUT2D eigenvalue weighted by atomic mass is 9.79. The fourth-order valence-electron chi connectivity index (χ4n) is 6.88. The first-order chi connectivity index (χ1) is 20.7. The Bertz CT molecular complexity index is 1220. The van der Waals surface area contributed by atoms with Crippen molar-refractivity contribution in [3.8, 4) is 11.5 Å². The van der Waals surface area contributed by atoms with E-state index in [4.69, 9.17) is 18.9 Å². The van der Waals surface area contributed by atoms with E-state index in [1.807, 2.05) is 0 Å². The zero-order valence-electron chi connectivity index (χ0n) is 30.1. The molecule has 6 heteroatoms. The maximum Gasteiger partial charge on any atom is 0.162 e. The van der Waals surface area contributed by atoms with Crippen LogP contribution >= 0.6 is 0 Å². The van der Waals surface area contributed by atoms with Gasteiger partial charge in [0.25, 0.3) is 0 Å². The summed E-state index contributed by atoms with van der Waals surface area (Å²) in [5.74, 6) is 0.835. The molecule has 0 aliphatic carbocycles. The number of ether oxygens (including phenoxy) is 4. The van der Waals surface area contributed by atoms with Gasteiger partial charge in [-0.15, -0.1) is 0 Å². The van der Waals surface area contributed by atoms with Gasteiger partial charge in [0.2, 0.25) is 0 Å². The second-order valence-corrected chi connectivity index (χ2v) is 17.2. The molecule has 0 bridgehead atoms. The van der Waals surface area contributed by atoms with Gasteiger partial charge in [0.1, 0.15) is 11.5 Å². The van der Waals surface area contributed by atoms with Crippen LogP contribution in [-0.2, 0) is 55.5 Å². The van der Waals surface area contributed by atoms with Gasteiger partial charge in [-0.25, -0.2) is 0 Å². The summed E-state index contributed by atoms with van der Waals surface area (Å²) in [5.41, 5.74) is 5.14. The summed E-state index contributed by atoms with van der Waals surface area (Å²) in [6, 6.07) is 8.56. The Morgan fingerprint density at radius 2 is 0.889 bits per heavy atom. The normalized spacial score (nSPS) is 23.5. The molecule has 0 radical (unpaired) electrons. The fourth-order valence-corrected chi connectivity index (χ4v) is 6.88. The van der Waals surface area contributed by atoms with Crippen LogP contribution in [0, 0.1) is 16.2 Å². The molecule has 0 aromatic heterocycles. The van der Waals surface area contributed by atoms with Crippen molar-refractivity contribution < 1.29 is 29.2 Å². The lowest BCUT2D eigenvalue weighted by Gasteiger charge is -2.49. The van der Waals surface area contributed by atoms with Crippen LogP contribution in [0.1, 0.15) is 116 Å². The summed E-state index contributed by atoms with van der Waals surface area (Å²) in [7, 11) is 0. The number of aryl methyl sites for hydroxylation is 2. The molecule has 2 heterocycles. The first-order valence-corrected chi connectivity index (χ1v) is 16.9. The van der Waals surface area contributed by atoms with Gasteiger partial charge < -0.3 is 29.2 Å². The van der Waals surface area contributed by atoms with E-state index in [0.717, 1.165) is 47.9 Å². The summed E-state index contributed by atoms with van der Waals surface area (Å²) in [5, 5.41) is 21.7. The zero-order valence-corrected chi connectivity index (χ0v) is 30.1. The molecule has 6 nitrogen and oxygen atoms in total. The van der Waals surface area contributed by atoms with Crippen molar-refractivity contribution in [3.05, 3.63) is 57.6 Å². The Morgan fingerprint density at radius 3 is 1.16 bits per heavy atom. The number of hydrogen-bond acceptors (Lipinski definition) is 6. The molecule has 45 heavy (non-hydrogen) atoms. The molecule has 0 atom stereocenters. The van der Waals surface area contributed by atoms with Crippen LogP contribution in [0.5, 0.6) is 11.5 Å². The van der Waals surface area contributed by atoms with Crippen molar-refractivity contribution in [1.82, 2.24) is 0 Å². The molecule has 0 amide bonds. The van der Waals surface area contributed by atoms with Gasteiger partial charge in [-0.2, -0.15) is 0 Å². The molecule has 0 unspecified atom stereocenters. The molecule has 0 saturated carbocycles. The Hall–Kier alpha value is -2.12. The van der Waals surface area contributed by atoms with Gasteiger partial charge in [0.15, 0.2) is 12.6 Å². The lowest BCUT2D eigenvalue weighted by Crippen LogP contribution is -2.56. The second kappa shape index (κ2) is 12.8. The highest BCUT2D eigenvalue weighted by molar-refractivity contribution is 5.48. The molecule has 2 aromatic rings. The van der Waals surface area contributed by atoms with Crippen LogP contribution in [0.15, 0.2) is 24.3 Å². The highest BCUT2D eigenvalue weighted by atomic mass is 16.7. The predicted molar refractivity (Wildman–Crippen MR) is 181 cm³/mol. The largest absolute Gasteiger partial charge is 0.507 e. The van der Waals surface area contributed by atoms with E-state index in [2.05, 4.69) is 107 Å². The predicted octanol–water partition coefficient (Wildman–Crippen LogP) is 8.39. The Kier molecular flexibility index (Phi) is 10.2. The van der Waals surface area contributed by atoms with Crippen molar-refractivity contribution in [2.24, 2.45) is 16.2 Å². The third-order valence-electron chi connectivity index (χ3n) is 9.63. The number of hydrogen-bond donors (Lipinski definition) is 2. The van der Waals surface area contributed by atoms with E-state index in [1.165, 1.54) is 11.1 Å². The zero-order chi connectivity index (χ0) is 33.6. The topological polar surface area (TPSA) is 77.4 Å². The van der Waals surface area contributed by atoms with Crippen molar-refractivity contribution in [1.29, 1.82) is 0 Å². The number of phenolic OH excluding ortho intramolecular Hbond substituents is 2. The van der Waals surface area contributed by atoms with Crippen LogP contribution in [0.4, 0.5) is 0 Å². The summed E-state index contributed by atoms with van der Waals surface area (Å²) >= 11 is 0. The number of rotatable bonds is 8. The average molecular weight is 625 g/mol. The summed E-state index contributed by atoms with van der Waals surface area (Å²) in [6.07, 6.45) is 2.41. The smallest absolute Gasteiger partial charge is 0.162 e. The quantitative estimate of drug-likeness (QED) is 0.307. The second-order valence-electron chi connectivity index (χ2n) is 17.2. The molecule has 1 spiro atoms. The van der Waals surface area contributed by atoms with Crippen molar-refractivity contribution in [2.45, 2.75) is 132 Å². The third-order valence-corrected chi connectivity index (χ3v) is 9.63. The molecule has 2 N–H and O–H groups in total. The van der Waals surface area contributed by atoms with E-state index in [0.29, 0.717) is 37.9 Å². The number of aromatic hydroxyl groups is 2. The minimum absolute atomic E-state index is 0.149. The Morgan fingerprint density at radius 1 is 0.578 bits per heavy atom. The first kappa shape index (κ1) is 35.7. The summed E-state index contributed by atoms with van der Waals surface area (Å²) in [6.45, 7) is 27.8. The van der Waals surface area contributed by atoms with Crippen LogP contribution in [-0.4, -0.2) is 49.2 Å². The highest BCUT2D eigenvalue weighted by Gasteiger charge is 2.48. The maximum absolute atomic E-state index is 10.9. The van der Waals surface area contributed by atoms with Crippen LogP contribution in [0.25, 0.3) is 0 Å². The lowest BCUT2D eigenvalue weighted by molar-refractivity contribution is -0.333. The average Bonchev–Trinajstić information content (AvgIpc) is 2.93. The molecule has 2 aromatic carbocycles. The third kappa shape index (κ3) is 7.89. The maximum atomic E-state index is 10.9. The van der Waals surface area contributed by atoms with Gasteiger partial charge in [0.05, 0.1) is 31.8 Å². The number of phenols is 2. The van der Waals surface area contributed by atoms with E-state index in [1.54, 1.807) is 0 Å². The monoisotopic (exact) mass is 624 g/mol. The Balaban J connectivity index is 1.39. The van der Waals surface area contributed by atoms with Crippen molar-refractivity contribution >= 4 is 0 Å². The molecule has 2 fully saturated rings. The first-order valence-electron chi connectivity index (χ1n) is 16.9. The molecular formula is C39H60O6. The van der Waals surface area contributed by atoms with Crippen LogP contribution < -0.4 is 0 Å². The van der Waals surface area contributed by atoms with E-state index < -0.39 is 0 Å². The minimum atomic E-state index is -0.353. The van der Waals surface area contributed by atoms with Gasteiger partial charge >= 0.3 is 0 Å². The Labute approximate surface area is 272 Å². The van der Waals surface area contributed by atoms with Gasteiger partial charge in [-0.05, 0) is 69.9 Å². The van der Waals surface area contributed by atoms with Gasteiger partial charge in [0, 0.05) is 10.8 Å². The number of benzene rings is 2. The summed E-state index contributed by atoms with van der Waals surface area (Å²) in [4.78, 5) is 0. The molecule has 2 aliphatic heterocycles. The van der Waals surface area contributed by atoms with E-state index in [9.17, 15) is 10.2 Å². The van der Waals surface area contributed by atoms with Gasteiger partial charge in [-0.1, -0.05) is 107 Å². The van der Waals surface area contributed by atoms with Crippen molar-refractivity contribution in [3.63, 3.8) is 0 Å². The molecule has 2 saturated heterocycles. The molecule has 252 valence electrons. The van der Waals surface area contributed by atoms with Crippen molar-refractivity contribution in [2.75, 3.05) is 26.4 Å². The fraction of sp³-hybridized carbons (Fsp3) is 0.692.